The lowest BCUT2D eigenvalue weighted by atomic mass is 9.82. The van der Waals surface area contributed by atoms with E-state index in [9.17, 15) is 0 Å². The Morgan fingerprint density at radius 1 is 0.384 bits per heavy atom. The average molecular weight is 935 g/mol. The molecule has 0 saturated carbocycles. The van der Waals surface area contributed by atoms with Crippen molar-refractivity contribution in [3.8, 4) is 33.6 Å². The molecule has 2 atom stereocenters. The summed E-state index contributed by atoms with van der Waals surface area (Å²) in [5, 5.41) is 5.07. The van der Waals surface area contributed by atoms with Crippen LogP contribution in [0.2, 0.25) is 0 Å². The summed E-state index contributed by atoms with van der Waals surface area (Å²) in [4.78, 5) is 4.94. The summed E-state index contributed by atoms with van der Waals surface area (Å²) in [5.74, 6) is 0.288. The molecule has 2 unspecified atom stereocenters. The van der Waals surface area contributed by atoms with E-state index in [4.69, 9.17) is 0 Å². The number of para-hydroxylation sites is 5. The maximum atomic E-state index is 2.50. The number of rotatable bonds is 7. The van der Waals surface area contributed by atoms with E-state index in [0.717, 1.165) is 22.7 Å². The molecule has 2 aromatic heterocycles. The van der Waals surface area contributed by atoms with Crippen LogP contribution in [0, 0.1) is 0 Å². The molecule has 3 heterocycles. The quantitative estimate of drug-likeness (QED) is 0.158. The highest BCUT2D eigenvalue weighted by Gasteiger charge is 2.38. The van der Waals surface area contributed by atoms with Gasteiger partial charge in [0.15, 0.2) is 0 Å². The highest BCUT2D eigenvalue weighted by atomic mass is 15.2. The van der Waals surface area contributed by atoms with Crippen LogP contribution in [-0.4, -0.2) is 15.2 Å². The zero-order valence-corrected chi connectivity index (χ0v) is 40.7. The number of hydrogen-bond acceptors (Lipinski definition) is 2. The van der Waals surface area contributed by atoms with Gasteiger partial charge in [-0.1, -0.05) is 159 Å². The molecule has 12 aromatic rings. The topological polar surface area (TPSA) is 16.3 Å². The van der Waals surface area contributed by atoms with Crippen molar-refractivity contribution >= 4 is 72.0 Å². The van der Waals surface area contributed by atoms with Crippen LogP contribution in [0.3, 0.4) is 0 Å². The molecule has 73 heavy (non-hydrogen) atoms. The Bertz CT molecular complexity index is 4140. The van der Waals surface area contributed by atoms with Crippen molar-refractivity contribution < 1.29 is 0 Å². The molecule has 0 fully saturated rings. The monoisotopic (exact) mass is 934 g/mol. The van der Waals surface area contributed by atoms with Crippen LogP contribution in [0.25, 0.3) is 77.2 Å². The highest BCUT2D eigenvalue weighted by Crippen LogP contribution is 2.53. The van der Waals surface area contributed by atoms with E-state index in [0.29, 0.717) is 0 Å². The fraction of sp³-hybridized carbons (Fsp3) is 0.0725. The largest absolute Gasteiger partial charge is 0.333 e. The summed E-state index contributed by atoms with van der Waals surface area (Å²) in [5.41, 5.74) is 21.8. The molecular weight excluding hydrogens is 885 g/mol. The summed E-state index contributed by atoms with van der Waals surface area (Å²) in [6, 6.07) is 85.7. The van der Waals surface area contributed by atoms with Gasteiger partial charge in [0, 0.05) is 72.7 Å². The molecule has 346 valence electrons. The smallest absolute Gasteiger partial charge is 0.0629 e. The van der Waals surface area contributed by atoms with Crippen molar-refractivity contribution in [1.82, 2.24) is 9.13 Å². The van der Waals surface area contributed by atoms with Crippen molar-refractivity contribution in [3.05, 3.63) is 272 Å². The zero-order chi connectivity index (χ0) is 48.4. The van der Waals surface area contributed by atoms with Gasteiger partial charge in [0.2, 0.25) is 0 Å². The Morgan fingerprint density at radius 3 is 1.48 bits per heavy atom. The van der Waals surface area contributed by atoms with E-state index in [2.05, 4.69) is 288 Å². The van der Waals surface area contributed by atoms with E-state index in [1.165, 1.54) is 99.6 Å². The zero-order valence-electron chi connectivity index (χ0n) is 40.7. The van der Waals surface area contributed by atoms with E-state index >= 15 is 0 Å². The third-order valence-corrected chi connectivity index (χ3v) is 16.2. The minimum absolute atomic E-state index is 0.252. The van der Waals surface area contributed by atoms with Crippen molar-refractivity contribution in [2.75, 3.05) is 9.80 Å². The standard InChI is InChI=1S/C69H50N4/c1-69(2)61-43-51(37-39-53(61)54-40-38-52(44-62(54)69)73-65-25-13-8-20-57(65)58-21-9-14-26-66(58)73)70(49-33-35-50(36-34-49)72-63-23-11-6-18-55(63)56-19-7-12-24-64(56)72)48-31-28-45(29-32-48)46-30-41-68-60(42-46)59-22-10-15-27-67(59)71(68)47-16-4-3-5-17-47/h3-44,59,67H,1-2H3. The fourth-order valence-electron chi connectivity index (χ4n) is 12.8. The van der Waals surface area contributed by atoms with Crippen molar-refractivity contribution in [2.24, 2.45) is 0 Å². The van der Waals surface area contributed by atoms with Crippen molar-refractivity contribution in [1.29, 1.82) is 0 Å². The van der Waals surface area contributed by atoms with E-state index < -0.39 is 0 Å². The van der Waals surface area contributed by atoms with Crippen LogP contribution in [0.1, 0.15) is 36.5 Å². The number of nitrogens with zero attached hydrogens (tertiary/aromatic N) is 4. The van der Waals surface area contributed by atoms with E-state index in [1.807, 2.05) is 0 Å². The molecule has 4 nitrogen and oxygen atoms in total. The van der Waals surface area contributed by atoms with Gasteiger partial charge in [-0.2, -0.15) is 0 Å². The molecule has 0 bridgehead atoms. The number of fused-ring (bicyclic) bond motifs is 12. The first-order valence-electron chi connectivity index (χ1n) is 25.6. The van der Waals surface area contributed by atoms with Gasteiger partial charge < -0.3 is 18.9 Å². The highest BCUT2D eigenvalue weighted by molar-refractivity contribution is 6.10. The second-order valence-electron chi connectivity index (χ2n) is 20.5. The summed E-state index contributed by atoms with van der Waals surface area (Å²) >= 11 is 0. The van der Waals surface area contributed by atoms with E-state index in [-0.39, 0.29) is 17.4 Å². The summed E-state index contributed by atoms with van der Waals surface area (Å²) < 4.78 is 4.83. The van der Waals surface area contributed by atoms with Crippen molar-refractivity contribution in [3.63, 3.8) is 0 Å². The fourth-order valence-corrected chi connectivity index (χ4v) is 12.8. The molecule has 3 aliphatic rings. The molecule has 0 N–H and O–H groups in total. The third-order valence-electron chi connectivity index (χ3n) is 16.2. The lowest BCUT2D eigenvalue weighted by molar-refractivity contribution is 0.660. The summed E-state index contributed by atoms with van der Waals surface area (Å²) in [6.45, 7) is 4.79. The lowest BCUT2D eigenvalue weighted by Gasteiger charge is -2.28. The molecule has 0 radical (unpaired) electrons. The van der Waals surface area contributed by atoms with Crippen LogP contribution in [-0.2, 0) is 5.41 Å². The summed E-state index contributed by atoms with van der Waals surface area (Å²) in [7, 11) is 0. The van der Waals surface area contributed by atoms with Gasteiger partial charge in [0.05, 0.1) is 28.1 Å². The number of hydrogen-bond donors (Lipinski definition) is 0. The van der Waals surface area contributed by atoms with Crippen LogP contribution >= 0.6 is 0 Å². The van der Waals surface area contributed by atoms with E-state index in [1.54, 1.807) is 0 Å². The van der Waals surface area contributed by atoms with Gasteiger partial charge in [-0.15, -0.1) is 0 Å². The molecule has 0 saturated heterocycles. The molecular formula is C69H50N4. The Morgan fingerprint density at radius 2 is 0.863 bits per heavy atom. The minimum atomic E-state index is -0.253. The van der Waals surface area contributed by atoms with Gasteiger partial charge in [-0.3, -0.25) is 0 Å². The first-order chi connectivity index (χ1) is 36.0. The molecule has 10 aromatic carbocycles. The number of aromatic nitrogens is 2. The van der Waals surface area contributed by atoms with Gasteiger partial charge in [-0.05, 0) is 148 Å². The summed E-state index contributed by atoms with van der Waals surface area (Å²) in [6.07, 6.45) is 9.11. The maximum Gasteiger partial charge on any atom is 0.0629 e. The molecule has 15 rings (SSSR count). The molecule has 1 aliphatic heterocycles. The Balaban J connectivity index is 0.833. The van der Waals surface area contributed by atoms with Crippen LogP contribution in [0.4, 0.5) is 28.4 Å². The first kappa shape index (κ1) is 41.6. The predicted molar refractivity (Wildman–Crippen MR) is 306 cm³/mol. The van der Waals surface area contributed by atoms with Gasteiger partial charge in [0.1, 0.15) is 0 Å². The van der Waals surface area contributed by atoms with Crippen molar-refractivity contribution in [2.45, 2.75) is 31.2 Å². The molecule has 0 spiro atoms. The average Bonchev–Trinajstić information content (AvgIpc) is 4.15. The van der Waals surface area contributed by atoms with Crippen LogP contribution < -0.4 is 9.80 Å². The third kappa shape index (κ3) is 6.26. The number of anilines is 5. The van der Waals surface area contributed by atoms with Gasteiger partial charge in [-0.25, -0.2) is 0 Å². The second-order valence-corrected chi connectivity index (χ2v) is 20.5. The number of allylic oxidation sites excluding steroid dienone is 2. The minimum Gasteiger partial charge on any atom is -0.333 e. The van der Waals surface area contributed by atoms with Gasteiger partial charge in [0.25, 0.3) is 0 Å². The SMILES string of the molecule is CC1(C)c2cc(N(c3ccc(-c4ccc5c(c4)C4C=CC=CC4N5c4ccccc4)cc3)c3ccc(-n4c5ccccc5c5ccccc54)cc3)ccc2-c2ccc(-n3c4ccccc4c4ccccc43)cc21. The first-order valence-corrected chi connectivity index (χ1v) is 25.6. The number of benzene rings is 10. The molecule has 2 aliphatic carbocycles. The Kier molecular flexibility index (Phi) is 9.10. The predicted octanol–water partition coefficient (Wildman–Crippen LogP) is 18.1. The van der Waals surface area contributed by atoms with Crippen LogP contribution in [0.5, 0.6) is 0 Å². The Labute approximate surface area is 425 Å². The Hall–Kier alpha value is -9.12. The maximum absolute atomic E-state index is 2.50. The van der Waals surface area contributed by atoms with Crippen LogP contribution in [0.15, 0.2) is 255 Å². The lowest BCUT2D eigenvalue weighted by Crippen LogP contribution is -2.28. The second kappa shape index (κ2) is 15.9. The molecule has 0 amide bonds. The van der Waals surface area contributed by atoms with Gasteiger partial charge >= 0.3 is 0 Å². The molecule has 4 heteroatoms. The normalized spacial score (nSPS) is 16.1.